The number of ether oxygens (including phenoxy) is 1. The Balaban J connectivity index is 2.69. The highest BCUT2D eigenvalue weighted by atomic mass is 16.6. The lowest BCUT2D eigenvalue weighted by Gasteiger charge is -2.37. The first-order chi connectivity index (χ1) is 15.5. The number of aryl methyl sites for hydroxylation is 1. The van der Waals surface area contributed by atoms with Gasteiger partial charge in [0.2, 0.25) is 5.91 Å². The van der Waals surface area contributed by atoms with Crippen LogP contribution in [0, 0.1) is 5.92 Å². The van der Waals surface area contributed by atoms with Crippen LogP contribution >= 0.6 is 0 Å². The third-order valence-corrected chi connectivity index (χ3v) is 5.41. The number of aliphatic hydroxyl groups excluding tert-OH is 1. The molecular formula is C25H40N2O6. The minimum Gasteiger partial charge on any atom is -0.479 e. The normalized spacial score (nSPS) is 14.1. The van der Waals surface area contributed by atoms with E-state index in [4.69, 9.17) is 4.74 Å². The molecule has 2 amide bonds. The highest BCUT2D eigenvalue weighted by Gasteiger charge is 2.46. The Morgan fingerprint density at radius 2 is 1.73 bits per heavy atom. The Morgan fingerprint density at radius 1 is 1.06 bits per heavy atom. The van der Waals surface area contributed by atoms with Gasteiger partial charge in [0.1, 0.15) is 11.1 Å². The Labute approximate surface area is 197 Å². The third kappa shape index (κ3) is 10.2. The number of aliphatic carboxylic acids is 1. The first kappa shape index (κ1) is 28.4. The zero-order valence-corrected chi connectivity index (χ0v) is 20.4. The summed E-state index contributed by atoms with van der Waals surface area (Å²) >= 11 is 0. The SMILES string of the molecule is CCC[C@](NC(=O)CCCCCc1ccccc1)(C(=O)O)[C@@H](CO)CNC(=O)OC(C)(C)C. The number of benzene rings is 1. The van der Waals surface area contributed by atoms with Crippen LogP contribution in [0.2, 0.25) is 0 Å². The van der Waals surface area contributed by atoms with Crippen molar-refractivity contribution in [3.05, 3.63) is 35.9 Å². The van der Waals surface area contributed by atoms with E-state index in [1.807, 2.05) is 25.1 Å². The zero-order valence-electron chi connectivity index (χ0n) is 20.4. The molecule has 0 saturated heterocycles. The second-order valence-electron chi connectivity index (χ2n) is 9.38. The molecule has 8 nitrogen and oxygen atoms in total. The van der Waals surface area contributed by atoms with E-state index in [0.29, 0.717) is 12.8 Å². The summed E-state index contributed by atoms with van der Waals surface area (Å²) in [5.41, 5.74) is -1.14. The van der Waals surface area contributed by atoms with Gasteiger partial charge in [-0.2, -0.15) is 0 Å². The fourth-order valence-corrected chi connectivity index (χ4v) is 3.76. The van der Waals surface area contributed by atoms with Crippen LogP contribution in [0.4, 0.5) is 4.79 Å². The van der Waals surface area contributed by atoms with Gasteiger partial charge in [-0.1, -0.05) is 50.1 Å². The van der Waals surface area contributed by atoms with Crippen LogP contribution in [0.15, 0.2) is 30.3 Å². The van der Waals surface area contributed by atoms with E-state index < -0.39 is 35.7 Å². The Morgan fingerprint density at radius 3 is 2.27 bits per heavy atom. The molecular weight excluding hydrogens is 424 g/mol. The molecule has 0 aromatic heterocycles. The van der Waals surface area contributed by atoms with Crippen molar-refractivity contribution in [3.63, 3.8) is 0 Å². The van der Waals surface area contributed by atoms with Gasteiger partial charge >= 0.3 is 12.1 Å². The molecule has 0 aliphatic rings. The number of unbranched alkanes of at least 4 members (excludes halogenated alkanes) is 2. The molecule has 1 aromatic carbocycles. The van der Waals surface area contributed by atoms with E-state index in [-0.39, 0.29) is 25.3 Å². The van der Waals surface area contributed by atoms with Crippen LogP contribution in [0.3, 0.4) is 0 Å². The van der Waals surface area contributed by atoms with E-state index in [1.54, 1.807) is 20.8 Å². The smallest absolute Gasteiger partial charge is 0.407 e. The van der Waals surface area contributed by atoms with Crippen molar-refractivity contribution in [1.82, 2.24) is 10.6 Å². The van der Waals surface area contributed by atoms with E-state index >= 15 is 0 Å². The molecule has 0 radical (unpaired) electrons. The number of carboxylic acid groups (broad SMARTS) is 1. The minimum atomic E-state index is -1.68. The molecule has 0 saturated carbocycles. The number of hydrogen-bond donors (Lipinski definition) is 4. The molecule has 0 bridgehead atoms. The Bertz CT molecular complexity index is 747. The maximum Gasteiger partial charge on any atom is 0.407 e. The molecule has 0 spiro atoms. The van der Waals surface area contributed by atoms with Gasteiger partial charge in [-0.3, -0.25) is 4.79 Å². The van der Waals surface area contributed by atoms with E-state index in [1.165, 1.54) is 5.56 Å². The molecule has 2 atom stereocenters. The van der Waals surface area contributed by atoms with E-state index in [2.05, 4.69) is 22.8 Å². The maximum absolute atomic E-state index is 12.6. The van der Waals surface area contributed by atoms with Gasteiger partial charge in [-0.25, -0.2) is 9.59 Å². The van der Waals surface area contributed by atoms with Crippen molar-refractivity contribution >= 4 is 18.0 Å². The maximum atomic E-state index is 12.6. The standard InChI is InChI=1S/C25H40N2O6/c1-5-16-25(22(30)31,20(18-28)17-26-23(32)33-24(2,3)4)27-21(29)15-11-7-10-14-19-12-8-6-9-13-19/h6,8-9,12-13,20,28H,5,7,10-11,14-18H2,1-4H3,(H,26,32)(H,27,29)(H,30,31)/t20-,25-/m1/s1. The summed E-state index contributed by atoms with van der Waals surface area (Å²) in [4.78, 5) is 36.9. The topological polar surface area (TPSA) is 125 Å². The zero-order chi connectivity index (χ0) is 24.9. The summed E-state index contributed by atoms with van der Waals surface area (Å²) in [6.45, 7) is 6.30. The summed E-state index contributed by atoms with van der Waals surface area (Å²) in [5.74, 6) is -2.52. The summed E-state index contributed by atoms with van der Waals surface area (Å²) in [6.07, 6.45) is 3.46. The van der Waals surface area contributed by atoms with Crippen LogP contribution in [0.5, 0.6) is 0 Å². The van der Waals surface area contributed by atoms with Gasteiger partial charge in [0, 0.05) is 18.9 Å². The largest absolute Gasteiger partial charge is 0.479 e. The lowest BCUT2D eigenvalue weighted by molar-refractivity contribution is -0.152. The molecule has 4 N–H and O–H groups in total. The number of amides is 2. The van der Waals surface area contributed by atoms with Gasteiger partial charge < -0.3 is 25.6 Å². The number of carboxylic acids is 1. The van der Waals surface area contributed by atoms with Crippen molar-refractivity contribution in [2.75, 3.05) is 13.2 Å². The van der Waals surface area contributed by atoms with Crippen molar-refractivity contribution in [2.24, 2.45) is 5.92 Å². The number of hydrogen-bond acceptors (Lipinski definition) is 5. The summed E-state index contributed by atoms with van der Waals surface area (Å²) in [6, 6.07) is 10.1. The third-order valence-electron chi connectivity index (χ3n) is 5.41. The van der Waals surface area contributed by atoms with Gasteiger partial charge in [-0.05, 0) is 52.0 Å². The van der Waals surface area contributed by atoms with E-state index in [9.17, 15) is 24.6 Å². The lowest BCUT2D eigenvalue weighted by atomic mass is 9.80. The second-order valence-corrected chi connectivity index (χ2v) is 9.38. The average Bonchev–Trinajstić information content (AvgIpc) is 2.73. The highest BCUT2D eigenvalue weighted by Crippen LogP contribution is 2.25. The molecule has 0 unspecified atom stereocenters. The molecule has 33 heavy (non-hydrogen) atoms. The number of aliphatic hydroxyl groups is 1. The Hall–Kier alpha value is -2.61. The van der Waals surface area contributed by atoms with Gasteiger partial charge in [0.25, 0.3) is 0 Å². The predicted molar refractivity (Wildman–Crippen MR) is 127 cm³/mol. The summed E-state index contributed by atoms with van der Waals surface area (Å²) < 4.78 is 5.19. The van der Waals surface area contributed by atoms with Crippen LogP contribution in [0.25, 0.3) is 0 Å². The lowest BCUT2D eigenvalue weighted by Crippen LogP contribution is -2.62. The average molecular weight is 465 g/mol. The minimum absolute atomic E-state index is 0.128. The number of carbonyl (C=O) groups excluding carboxylic acids is 2. The molecule has 0 heterocycles. The number of rotatable bonds is 14. The summed E-state index contributed by atoms with van der Waals surface area (Å²) in [5, 5.41) is 25.2. The predicted octanol–water partition coefficient (Wildman–Crippen LogP) is 3.66. The monoisotopic (exact) mass is 464 g/mol. The molecule has 186 valence electrons. The molecule has 0 aliphatic carbocycles. The van der Waals surface area contributed by atoms with Crippen LogP contribution < -0.4 is 10.6 Å². The molecule has 8 heteroatoms. The first-order valence-corrected chi connectivity index (χ1v) is 11.7. The first-order valence-electron chi connectivity index (χ1n) is 11.7. The number of carbonyl (C=O) groups is 3. The number of alkyl carbamates (subject to hydrolysis) is 1. The van der Waals surface area contributed by atoms with Crippen molar-refractivity contribution in [1.29, 1.82) is 0 Å². The van der Waals surface area contributed by atoms with E-state index in [0.717, 1.165) is 19.3 Å². The quantitative estimate of drug-likeness (QED) is 0.311. The van der Waals surface area contributed by atoms with Crippen LogP contribution in [0.1, 0.15) is 71.8 Å². The molecule has 1 aromatic rings. The van der Waals surface area contributed by atoms with Gasteiger partial charge in [0.15, 0.2) is 0 Å². The van der Waals surface area contributed by atoms with Gasteiger partial charge in [0.05, 0.1) is 6.61 Å². The van der Waals surface area contributed by atoms with Crippen LogP contribution in [-0.4, -0.2) is 52.5 Å². The van der Waals surface area contributed by atoms with Crippen molar-refractivity contribution in [3.8, 4) is 0 Å². The fourth-order valence-electron chi connectivity index (χ4n) is 3.76. The molecule has 0 fully saturated rings. The fraction of sp³-hybridized carbons (Fsp3) is 0.640. The molecule has 1 rings (SSSR count). The number of nitrogens with one attached hydrogen (secondary N) is 2. The molecule has 0 aliphatic heterocycles. The van der Waals surface area contributed by atoms with Crippen molar-refractivity contribution in [2.45, 2.75) is 83.8 Å². The van der Waals surface area contributed by atoms with Crippen molar-refractivity contribution < 1.29 is 29.3 Å². The highest BCUT2D eigenvalue weighted by molar-refractivity contribution is 5.87. The Kier molecular flexibility index (Phi) is 11.9. The summed E-state index contributed by atoms with van der Waals surface area (Å²) in [7, 11) is 0. The second kappa shape index (κ2) is 13.8. The van der Waals surface area contributed by atoms with Crippen LogP contribution in [-0.2, 0) is 20.7 Å². The van der Waals surface area contributed by atoms with Gasteiger partial charge in [-0.15, -0.1) is 0 Å².